The van der Waals surface area contributed by atoms with Crippen molar-refractivity contribution in [3.8, 4) is 0 Å². The van der Waals surface area contributed by atoms with Crippen molar-refractivity contribution in [1.82, 2.24) is 4.90 Å². The first-order valence-corrected chi connectivity index (χ1v) is 7.06. The van der Waals surface area contributed by atoms with E-state index in [1.165, 1.54) is 38.8 Å². The lowest BCUT2D eigenvalue weighted by molar-refractivity contribution is -0.0183. The SMILES string of the molecule is CCOC1CCC(C2CN(C(C)C)C2)CC1. The van der Waals surface area contributed by atoms with E-state index < -0.39 is 0 Å². The van der Waals surface area contributed by atoms with Gasteiger partial charge in [-0.25, -0.2) is 0 Å². The molecular weight excluding hydrogens is 198 g/mol. The fourth-order valence-electron chi connectivity index (χ4n) is 3.23. The molecule has 0 aromatic rings. The van der Waals surface area contributed by atoms with Gasteiger partial charge in [-0.3, -0.25) is 0 Å². The second-order valence-electron chi connectivity index (χ2n) is 5.80. The minimum Gasteiger partial charge on any atom is -0.379 e. The summed E-state index contributed by atoms with van der Waals surface area (Å²) in [5.41, 5.74) is 0. The zero-order valence-corrected chi connectivity index (χ0v) is 11.1. The summed E-state index contributed by atoms with van der Waals surface area (Å²) in [6.45, 7) is 10.3. The summed E-state index contributed by atoms with van der Waals surface area (Å²) >= 11 is 0. The van der Waals surface area contributed by atoms with Gasteiger partial charge >= 0.3 is 0 Å². The highest BCUT2D eigenvalue weighted by molar-refractivity contribution is 4.89. The minimum absolute atomic E-state index is 0.572. The van der Waals surface area contributed by atoms with Gasteiger partial charge in [-0.15, -0.1) is 0 Å². The molecule has 2 heteroatoms. The number of hydrogen-bond donors (Lipinski definition) is 0. The van der Waals surface area contributed by atoms with Crippen LogP contribution in [0.5, 0.6) is 0 Å². The third kappa shape index (κ3) is 2.78. The van der Waals surface area contributed by atoms with Crippen molar-refractivity contribution in [3.63, 3.8) is 0 Å². The molecule has 0 N–H and O–H groups in total. The number of likely N-dealkylation sites (tertiary alicyclic amines) is 1. The molecule has 0 amide bonds. The normalized spacial score (nSPS) is 33.0. The van der Waals surface area contributed by atoms with Crippen LogP contribution in [0, 0.1) is 11.8 Å². The van der Waals surface area contributed by atoms with Crippen molar-refractivity contribution in [2.45, 2.75) is 58.6 Å². The highest BCUT2D eigenvalue weighted by Gasteiger charge is 2.36. The average molecular weight is 225 g/mol. The predicted octanol–water partition coefficient (Wildman–Crippen LogP) is 2.92. The molecule has 0 unspecified atom stereocenters. The molecule has 1 heterocycles. The molecule has 0 bridgehead atoms. The Morgan fingerprint density at radius 1 is 1.06 bits per heavy atom. The molecule has 1 aliphatic carbocycles. The molecule has 2 fully saturated rings. The number of nitrogens with zero attached hydrogens (tertiary/aromatic N) is 1. The first-order valence-electron chi connectivity index (χ1n) is 7.06. The second kappa shape index (κ2) is 5.50. The van der Waals surface area contributed by atoms with Crippen LogP contribution in [0.25, 0.3) is 0 Å². The highest BCUT2D eigenvalue weighted by Crippen LogP contribution is 2.36. The predicted molar refractivity (Wildman–Crippen MR) is 67.6 cm³/mol. The van der Waals surface area contributed by atoms with E-state index in [0.717, 1.165) is 24.5 Å². The Kier molecular flexibility index (Phi) is 4.26. The number of hydrogen-bond acceptors (Lipinski definition) is 2. The number of ether oxygens (including phenoxy) is 1. The summed E-state index contributed by atoms with van der Waals surface area (Å²) in [6.07, 6.45) is 5.98. The second-order valence-corrected chi connectivity index (χ2v) is 5.80. The molecule has 0 aromatic carbocycles. The highest BCUT2D eigenvalue weighted by atomic mass is 16.5. The first-order chi connectivity index (χ1) is 7.70. The summed E-state index contributed by atoms with van der Waals surface area (Å²) in [7, 11) is 0. The van der Waals surface area contributed by atoms with Crippen LogP contribution in [0.4, 0.5) is 0 Å². The zero-order chi connectivity index (χ0) is 11.5. The average Bonchev–Trinajstić information content (AvgIpc) is 2.18. The van der Waals surface area contributed by atoms with E-state index in [2.05, 4.69) is 25.7 Å². The molecule has 1 aliphatic heterocycles. The van der Waals surface area contributed by atoms with Gasteiger partial charge in [-0.2, -0.15) is 0 Å². The number of rotatable bonds is 4. The Labute approximate surface area is 100 Å². The van der Waals surface area contributed by atoms with Crippen LogP contribution < -0.4 is 0 Å². The molecular formula is C14H27NO. The van der Waals surface area contributed by atoms with E-state index >= 15 is 0 Å². The lowest BCUT2D eigenvalue weighted by atomic mass is 9.75. The Hall–Kier alpha value is -0.0800. The Morgan fingerprint density at radius 3 is 2.19 bits per heavy atom. The molecule has 2 nitrogen and oxygen atoms in total. The van der Waals surface area contributed by atoms with E-state index in [1.54, 1.807) is 0 Å². The summed E-state index contributed by atoms with van der Waals surface area (Å²) in [5.74, 6) is 1.98. The van der Waals surface area contributed by atoms with Crippen molar-refractivity contribution in [1.29, 1.82) is 0 Å². The summed E-state index contributed by atoms with van der Waals surface area (Å²) < 4.78 is 5.71. The molecule has 94 valence electrons. The third-order valence-electron chi connectivity index (χ3n) is 4.46. The van der Waals surface area contributed by atoms with E-state index in [9.17, 15) is 0 Å². The monoisotopic (exact) mass is 225 g/mol. The van der Waals surface area contributed by atoms with E-state index in [1.807, 2.05) is 0 Å². The molecule has 0 aromatic heterocycles. The fourth-order valence-corrected chi connectivity index (χ4v) is 3.23. The van der Waals surface area contributed by atoms with E-state index in [0.29, 0.717) is 6.10 Å². The molecule has 2 aliphatic rings. The first kappa shape index (κ1) is 12.4. The van der Waals surface area contributed by atoms with Crippen LogP contribution in [-0.4, -0.2) is 36.7 Å². The maximum absolute atomic E-state index is 5.71. The van der Waals surface area contributed by atoms with Crippen molar-refractivity contribution in [3.05, 3.63) is 0 Å². The van der Waals surface area contributed by atoms with Gasteiger partial charge in [-0.05, 0) is 58.3 Å². The topological polar surface area (TPSA) is 12.5 Å². The maximum atomic E-state index is 5.71. The van der Waals surface area contributed by atoms with Crippen molar-refractivity contribution in [2.75, 3.05) is 19.7 Å². The van der Waals surface area contributed by atoms with Gasteiger partial charge < -0.3 is 9.64 Å². The third-order valence-corrected chi connectivity index (χ3v) is 4.46. The van der Waals surface area contributed by atoms with Gasteiger partial charge in [0.2, 0.25) is 0 Å². The molecule has 0 spiro atoms. The fraction of sp³-hybridized carbons (Fsp3) is 1.00. The zero-order valence-electron chi connectivity index (χ0n) is 11.1. The van der Waals surface area contributed by atoms with Crippen LogP contribution in [-0.2, 0) is 4.74 Å². The van der Waals surface area contributed by atoms with Gasteiger partial charge in [0.1, 0.15) is 0 Å². The lowest BCUT2D eigenvalue weighted by Gasteiger charge is -2.47. The lowest BCUT2D eigenvalue weighted by Crippen LogP contribution is -2.53. The van der Waals surface area contributed by atoms with Crippen molar-refractivity contribution < 1.29 is 4.74 Å². The van der Waals surface area contributed by atoms with Crippen LogP contribution in [0.15, 0.2) is 0 Å². The standard InChI is InChI=1S/C14H27NO/c1-4-16-14-7-5-12(6-8-14)13-9-15(10-13)11(2)3/h11-14H,4-10H2,1-3H3. The molecule has 16 heavy (non-hydrogen) atoms. The van der Waals surface area contributed by atoms with Gasteiger partial charge in [0.05, 0.1) is 6.10 Å². The van der Waals surface area contributed by atoms with Crippen LogP contribution in [0.2, 0.25) is 0 Å². The van der Waals surface area contributed by atoms with Crippen LogP contribution >= 0.6 is 0 Å². The van der Waals surface area contributed by atoms with E-state index in [4.69, 9.17) is 4.74 Å². The molecule has 0 atom stereocenters. The minimum atomic E-state index is 0.572. The summed E-state index contributed by atoms with van der Waals surface area (Å²) in [5, 5.41) is 0. The molecule has 0 radical (unpaired) electrons. The van der Waals surface area contributed by atoms with Crippen molar-refractivity contribution >= 4 is 0 Å². The summed E-state index contributed by atoms with van der Waals surface area (Å²) in [4.78, 5) is 2.60. The maximum Gasteiger partial charge on any atom is 0.0575 e. The van der Waals surface area contributed by atoms with Crippen molar-refractivity contribution in [2.24, 2.45) is 11.8 Å². The van der Waals surface area contributed by atoms with Gasteiger partial charge in [0, 0.05) is 25.7 Å². The Balaban J connectivity index is 1.67. The van der Waals surface area contributed by atoms with Gasteiger partial charge in [0.15, 0.2) is 0 Å². The molecule has 1 saturated carbocycles. The largest absolute Gasteiger partial charge is 0.379 e. The van der Waals surface area contributed by atoms with Crippen LogP contribution in [0.3, 0.4) is 0 Å². The van der Waals surface area contributed by atoms with Crippen LogP contribution in [0.1, 0.15) is 46.5 Å². The molecule has 2 rings (SSSR count). The van der Waals surface area contributed by atoms with Gasteiger partial charge in [-0.1, -0.05) is 0 Å². The van der Waals surface area contributed by atoms with E-state index in [-0.39, 0.29) is 0 Å². The van der Waals surface area contributed by atoms with Gasteiger partial charge in [0.25, 0.3) is 0 Å². The molecule has 1 saturated heterocycles. The smallest absolute Gasteiger partial charge is 0.0575 e. The summed E-state index contributed by atoms with van der Waals surface area (Å²) in [6, 6.07) is 0.746. The Bertz CT molecular complexity index is 203. The quantitative estimate of drug-likeness (QED) is 0.729. The Morgan fingerprint density at radius 2 is 1.69 bits per heavy atom.